The van der Waals surface area contributed by atoms with E-state index in [1.165, 1.54) is 0 Å². The summed E-state index contributed by atoms with van der Waals surface area (Å²) in [5, 5.41) is 8.96. The van der Waals surface area contributed by atoms with Gasteiger partial charge in [0.2, 0.25) is 0 Å². The summed E-state index contributed by atoms with van der Waals surface area (Å²) in [5.74, 6) is 0.661. The summed E-state index contributed by atoms with van der Waals surface area (Å²) in [6.45, 7) is 3.33. The van der Waals surface area contributed by atoms with E-state index in [-0.39, 0.29) is 23.7 Å². The Kier molecular flexibility index (Phi) is 1.58. The number of carbonyl (C=O) groups is 1. The molecule has 0 aromatic rings. The predicted octanol–water partition coefficient (Wildman–Crippen LogP) is 0.592. The van der Waals surface area contributed by atoms with Crippen LogP contribution < -0.4 is 0 Å². The standard InChI is InChI=1S/C7H12O2/c1-4(8)6-3-7(6)5(2)9/h4,6-8H,3H2,1-2H3/t4?,6-,7-/m1/s1. The fourth-order valence-corrected chi connectivity index (χ4v) is 1.22. The van der Waals surface area contributed by atoms with Crippen LogP contribution in [0, 0.1) is 11.8 Å². The van der Waals surface area contributed by atoms with Crippen LogP contribution in [0.2, 0.25) is 0 Å². The first-order chi connectivity index (χ1) is 4.13. The fourth-order valence-electron chi connectivity index (χ4n) is 1.22. The van der Waals surface area contributed by atoms with Gasteiger partial charge in [-0.1, -0.05) is 0 Å². The molecule has 1 rings (SSSR count). The van der Waals surface area contributed by atoms with Crippen molar-refractivity contribution < 1.29 is 9.90 Å². The minimum absolute atomic E-state index is 0.171. The Morgan fingerprint density at radius 2 is 2.33 bits per heavy atom. The van der Waals surface area contributed by atoms with Crippen molar-refractivity contribution in [3.05, 3.63) is 0 Å². The van der Waals surface area contributed by atoms with Crippen molar-refractivity contribution in [1.82, 2.24) is 0 Å². The van der Waals surface area contributed by atoms with Crippen LogP contribution in [0.1, 0.15) is 20.3 Å². The van der Waals surface area contributed by atoms with E-state index in [9.17, 15) is 4.79 Å². The number of Topliss-reactive ketones (excluding diaryl/α,β-unsaturated/α-hetero) is 1. The molecule has 1 unspecified atom stereocenters. The number of rotatable bonds is 2. The molecule has 0 spiro atoms. The van der Waals surface area contributed by atoms with Crippen molar-refractivity contribution in [3.63, 3.8) is 0 Å². The zero-order valence-electron chi connectivity index (χ0n) is 5.79. The average Bonchev–Trinajstić information content (AvgIpc) is 2.39. The molecule has 0 saturated heterocycles. The van der Waals surface area contributed by atoms with Crippen molar-refractivity contribution in [3.8, 4) is 0 Å². The van der Waals surface area contributed by atoms with E-state index in [0.717, 1.165) is 6.42 Å². The molecule has 9 heavy (non-hydrogen) atoms. The zero-order chi connectivity index (χ0) is 7.02. The van der Waals surface area contributed by atoms with Gasteiger partial charge in [-0.15, -0.1) is 0 Å². The smallest absolute Gasteiger partial charge is 0.133 e. The predicted molar refractivity (Wildman–Crippen MR) is 34.0 cm³/mol. The topological polar surface area (TPSA) is 37.3 Å². The van der Waals surface area contributed by atoms with E-state index in [1.54, 1.807) is 13.8 Å². The number of ketones is 1. The number of aliphatic hydroxyl groups is 1. The fraction of sp³-hybridized carbons (Fsp3) is 0.857. The van der Waals surface area contributed by atoms with Crippen molar-refractivity contribution >= 4 is 5.78 Å². The minimum Gasteiger partial charge on any atom is -0.393 e. The Morgan fingerprint density at radius 1 is 1.78 bits per heavy atom. The van der Waals surface area contributed by atoms with E-state index in [0.29, 0.717) is 0 Å². The third-order valence-electron chi connectivity index (χ3n) is 1.98. The molecule has 1 N–H and O–H groups in total. The summed E-state index contributed by atoms with van der Waals surface area (Å²) in [6, 6.07) is 0. The van der Waals surface area contributed by atoms with Crippen LogP contribution in [0.15, 0.2) is 0 Å². The summed E-state index contributed by atoms with van der Waals surface area (Å²) >= 11 is 0. The SMILES string of the molecule is CC(=O)[C@H]1C[C@@H]1C(C)O. The summed E-state index contributed by atoms with van der Waals surface area (Å²) in [4.78, 5) is 10.6. The van der Waals surface area contributed by atoms with Crippen LogP contribution in [-0.4, -0.2) is 17.0 Å². The highest BCUT2D eigenvalue weighted by molar-refractivity contribution is 5.81. The summed E-state index contributed by atoms with van der Waals surface area (Å²) < 4.78 is 0. The lowest BCUT2D eigenvalue weighted by atomic mass is 10.2. The number of aliphatic hydroxyl groups excluding tert-OH is 1. The summed E-state index contributed by atoms with van der Waals surface area (Å²) in [6.07, 6.45) is 0.603. The third kappa shape index (κ3) is 1.30. The van der Waals surface area contributed by atoms with Crippen LogP contribution in [0.25, 0.3) is 0 Å². The second kappa shape index (κ2) is 2.10. The second-order valence-corrected chi connectivity index (χ2v) is 2.86. The van der Waals surface area contributed by atoms with Gasteiger partial charge in [0.1, 0.15) is 5.78 Å². The largest absolute Gasteiger partial charge is 0.393 e. The van der Waals surface area contributed by atoms with E-state index >= 15 is 0 Å². The number of hydrogen-bond acceptors (Lipinski definition) is 2. The molecule has 52 valence electrons. The number of carbonyl (C=O) groups excluding carboxylic acids is 1. The second-order valence-electron chi connectivity index (χ2n) is 2.86. The Bertz CT molecular complexity index is 129. The maximum atomic E-state index is 10.6. The zero-order valence-corrected chi connectivity index (χ0v) is 5.79. The van der Waals surface area contributed by atoms with E-state index < -0.39 is 0 Å². The van der Waals surface area contributed by atoms with Crippen molar-refractivity contribution in [2.75, 3.05) is 0 Å². The van der Waals surface area contributed by atoms with Gasteiger partial charge >= 0.3 is 0 Å². The first-order valence-electron chi connectivity index (χ1n) is 3.31. The van der Waals surface area contributed by atoms with Crippen LogP contribution in [-0.2, 0) is 4.79 Å². The van der Waals surface area contributed by atoms with Gasteiger partial charge in [0.05, 0.1) is 6.10 Å². The summed E-state index contributed by atoms with van der Waals surface area (Å²) in [7, 11) is 0. The van der Waals surface area contributed by atoms with E-state index in [4.69, 9.17) is 5.11 Å². The van der Waals surface area contributed by atoms with Gasteiger partial charge in [0, 0.05) is 5.92 Å². The molecular formula is C7H12O2. The van der Waals surface area contributed by atoms with Gasteiger partial charge in [-0.05, 0) is 26.2 Å². The molecule has 1 fully saturated rings. The van der Waals surface area contributed by atoms with Crippen molar-refractivity contribution in [1.29, 1.82) is 0 Å². The highest BCUT2D eigenvalue weighted by Gasteiger charge is 2.43. The lowest BCUT2D eigenvalue weighted by Crippen LogP contribution is -2.07. The van der Waals surface area contributed by atoms with Crippen LogP contribution >= 0.6 is 0 Å². The van der Waals surface area contributed by atoms with Gasteiger partial charge in [0.25, 0.3) is 0 Å². The first kappa shape index (κ1) is 6.75. The Hall–Kier alpha value is -0.370. The molecule has 0 aromatic carbocycles. The molecule has 0 radical (unpaired) electrons. The molecule has 2 nitrogen and oxygen atoms in total. The van der Waals surface area contributed by atoms with Crippen LogP contribution in [0.4, 0.5) is 0 Å². The van der Waals surface area contributed by atoms with Crippen LogP contribution in [0.3, 0.4) is 0 Å². The maximum absolute atomic E-state index is 10.6. The quantitative estimate of drug-likeness (QED) is 0.591. The average molecular weight is 128 g/mol. The molecule has 1 aliphatic carbocycles. The van der Waals surface area contributed by atoms with E-state index in [1.807, 2.05) is 0 Å². The molecule has 1 saturated carbocycles. The summed E-state index contributed by atoms with van der Waals surface area (Å²) in [5.41, 5.74) is 0. The maximum Gasteiger partial charge on any atom is 0.133 e. The molecule has 0 aliphatic heterocycles. The Balaban J connectivity index is 2.33. The molecule has 3 atom stereocenters. The molecular weight excluding hydrogens is 116 g/mol. The van der Waals surface area contributed by atoms with Crippen molar-refractivity contribution in [2.24, 2.45) is 11.8 Å². The van der Waals surface area contributed by atoms with Gasteiger partial charge in [-0.3, -0.25) is 4.79 Å². The molecule has 0 amide bonds. The third-order valence-corrected chi connectivity index (χ3v) is 1.98. The molecule has 1 aliphatic rings. The van der Waals surface area contributed by atoms with Crippen LogP contribution in [0.5, 0.6) is 0 Å². The first-order valence-corrected chi connectivity index (χ1v) is 3.31. The van der Waals surface area contributed by atoms with Gasteiger partial charge in [-0.2, -0.15) is 0 Å². The lowest BCUT2D eigenvalue weighted by Gasteiger charge is -1.98. The Labute approximate surface area is 54.9 Å². The Morgan fingerprint density at radius 3 is 2.44 bits per heavy atom. The highest BCUT2D eigenvalue weighted by atomic mass is 16.3. The normalized spacial score (nSPS) is 35.9. The molecule has 0 heterocycles. The van der Waals surface area contributed by atoms with Gasteiger partial charge < -0.3 is 5.11 Å². The molecule has 0 aromatic heterocycles. The monoisotopic (exact) mass is 128 g/mol. The molecule has 2 heteroatoms. The highest BCUT2D eigenvalue weighted by Crippen LogP contribution is 2.41. The number of hydrogen-bond donors (Lipinski definition) is 1. The van der Waals surface area contributed by atoms with Gasteiger partial charge in [-0.25, -0.2) is 0 Å². The van der Waals surface area contributed by atoms with Gasteiger partial charge in [0.15, 0.2) is 0 Å². The van der Waals surface area contributed by atoms with E-state index in [2.05, 4.69) is 0 Å². The van der Waals surface area contributed by atoms with Crippen molar-refractivity contribution in [2.45, 2.75) is 26.4 Å². The minimum atomic E-state index is -0.293. The molecule has 0 bridgehead atoms. The lowest BCUT2D eigenvalue weighted by molar-refractivity contribution is -0.118.